The Bertz CT molecular complexity index is 869. The molecule has 0 saturated carbocycles. The minimum atomic E-state index is -0.485. The lowest BCUT2D eigenvalue weighted by atomic mass is 10.2. The van der Waals surface area contributed by atoms with E-state index in [-0.39, 0.29) is 12.5 Å². The highest BCUT2D eigenvalue weighted by molar-refractivity contribution is 6.02. The Morgan fingerprint density at radius 1 is 1.15 bits per heavy atom. The van der Waals surface area contributed by atoms with Crippen LogP contribution >= 0.6 is 0 Å². The lowest BCUT2D eigenvalue weighted by Gasteiger charge is -2.21. The lowest BCUT2D eigenvalue weighted by Crippen LogP contribution is -2.36. The highest BCUT2D eigenvalue weighted by Crippen LogP contribution is 2.17. The van der Waals surface area contributed by atoms with Gasteiger partial charge in [0.15, 0.2) is 0 Å². The van der Waals surface area contributed by atoms with Gasteiger partial charge in [-0.15, -0.1) is 0 Å². The second-order valence-corrected chi connectivity index (χ2v) is 5.38. The zero-order valence-corrected chi connectivity index (χ0v) is 14.4. The van der Waals surface area contributed by atoms with Gasteiger partial charge in [-0.2, -0.15) is 5.26 Å². The highest BCUT2D eigenvalue weighted by Gasteiger charge is 2.17. The van der Waals surface area contributed by atoms with Crippen LogP contribution in [0.5, 0.6) is 0 Å². The molecule has 0 fully saturated rings. The summed E-state index contributed by atoms with van der Waals surface area (Å²) in [5.74, 6) is -1.22. The molecule has 7 heteroatoms. The lowest BCUT2D eigenvalue weighted by molar-refractivity contribution is -0.120. The molecule has 0 saturated heterocycles. The number of carbonyl (C=O) groups is 3. The maximum Gasteiger partial charge on any atom is 0.337 e. The van der Waals surface area contributed by atoms with Crippen molar-refractivity contribution in [2.45, 2.75) is 6.92 Å². The second kappa shape index (κ2) is 8.44. The molecule has 0 unspecified atom stereocenters. The summed E-state index contributed by atoms with van der Waals surface area (Å²) in [6, 6.07) is 14.6. The van der Waals surface area contributed by atoms with Crippen molar-refractivity contribution in [1.82, 2.24) is 0 Å². The molecule has 0 heterocycles. The van der Waals surface area contributed by atoms with E-state index in [2.05, 4.69) is 10.1 Å². The van der Waals surface area contributed by atoms with Gasteiger partial charge >= 0.3 is 5.97 Å². The number of nitriles is 1. The molecule has 2 aromatic carbocycles. The molecule has 26 heavy (non-hydrogen) atoms. The number of benzene rings is 2. The van der Waals surface area contributed by atoms with Gasteiger partial charge in [-0.25, -0.2) is 4.79 Å². The van der Waals surface area contributed by atoms with Crippen molar-refractivity contribution in [3.8, 4) is 6.07 Å². The molecule has 0 aliphatic heterocycles. The van der Waals surface area contributed by atoms with E-state index in [1.807, 2.05) is 6.07 Å². The predicted octanol–water partition coefficient (Wildman–Crippen LogP) is 2.34. The average Bonchev–Trinajstić information content (AvgIpc) is 2.65. The van der Waals surface area contributed by atoms with Crippen molar-refractivity contribution in [1.29, 1.82) is 5.26 Å². The molecule has 0 bridgehead atoms. The zero-order valence-electron chi connectivity index (χ0n) is 14.4. The zero-order chi connectivity index (χ0) is 19.1. The summed E-state index contributed by atoms with van der Waals surface area (Å²) in [5.41, 5.74) is 1.71. The number of methoxy groups -OCH3 is 1. The summed E-state index contributed by atoms with van der Waals surface area (Å²) in [6.07, 6.45) is 0. The Labute approximate surface area is 150 Å². The quantitative estimate of drug-likeness (QED) is 0.834. The van der Waals surface area contributed by atoms with Gasteiger partial charge in [-0.05, 0) is 42.5 Å². The van der Waals surface area contributed by atoms with Crippen LogP contribution in [0, 0.1) is 11.3 Å². The first kappa shape index (κ1) is 18.7. The first-order valence-electron chi connectivity index (χ1n) is 7.71. The number of anilines is 2. The van der Waals surface area contributed by atoms with Crippen LogP contribution in [0.1, 0.15) is 22.8 Å². The van der Waals surface area contributed by atoms with E-state index in [1.54, 1.807) is 36.4 Å². The van der Waals surface area contributed by atoms with Crippen molar-refractivity contribution >= 4 is 29.2 Å². The normalized spacial score (nSPS) is 9.73. The smallest absolute Gasteiger partial charge is 0.337 e. The van der Waals surface area contributed by atoms with Gasteiger partial charge in [0.2, 0.25) is 11.8 Å². The maximum absolute atomic E-state index is 12.3. The first-order chi connectivity index (χ1) is 12.4. The number of hydrogen-bond acceptors (Lipinski definition) is 5. The van der Waals surface area contributed by atoms with Gasteiger partial charge in [0.05, 0.1) is 24.3 Å². The van der Waals surface area contributed by atoms with Gasteiger partial charge < -0.3 is 15.0 Å². The number of nitrogens with one attached hydrogen (secondary N) is 1. The number of rotatable bonds is 5. The minimum Gasteiger partial charge on any atom is -0.465 e. The third kappa shape index (κ3) is 4.68. The monoisotopic (exact) mass is 351 g/mol. The molecule has 2 aromatic rings. The van der Waals surface area contributed by atoms with Crippen LogP contribution < -0.4 is 10.2 Å². The number of nitrogens with zero attached hydrogens (tertiary/aromatic N) is 2. The number of hydrogen-bond donors (Lipinski definition) is 1. The molecule has 7 nitrogen and oxygen atoms in total. The van der Waals surface area contributed by atoms with E-state index >= 15 is 0 Å². The molecule has 0 atom stereocenters. The van der Waals surface area contributed by atoms with E-state index in [4.69, 9.17) is 5.26 Å². The first-order valence-corrected chi connectivity index (χ1v) is 7.71. The fourth-order valence-electron chi connectivity index (χ4n) is 2.29. The molecule has 0 radical (unpaired) electrons. The molecular weight excluding hydrogens is 334 g/mol. The van der Waals surface area contributed by atoms with Gasteiger partial charge in [-0.3, -0.25) is 9.59 Å². The van der Waals surface area contributed by atoms with Crippen molar-refractivity contribution in [3.05, 3.63) is 59.7 Å². The van der Waals surface area contributed by atoms with Gasteiger partial charge in [0, 0.05) is 18.3 Å². The van der Waals surface area contributed by atoms with E-state index in [0.717, 1.165) is 0 Å². The van der Waals surface area contributed by atoms with Crippen LogP contribution in [0.2, 0.25) is 0 Å². The summed E-state index contributed by atoms with van der Waals surface area (Å²) in [6.45, 7) is 1.14. The van der Waals surface area contributed by atoms with Crippen LogP contribution in [0.3, 0.4) is 0 Å². The van der Waals surface area contributed by atoms with E-state index in [1.165, 1.54) is 31.1 Å². The van der Waals surface area contributed by atoms with E-state index in [9.17, 15) is 14.4 Å². The third-order valence-electron chi connectivity index (χ3n) is 3.56. The SMILES string of the molecule is COC(=O)c1ccc(N(CC(=O)Nc2cccc(C#N)c2)C(C)=O)cc1. The summed E-state index contributed by atoms with van der Waals surface area (Å²) >= 11 is 0. The molecule has 0 aliphatic carbocycles. The molecule has 0 aromatic heterocycles. The maximum atomic E-state index is 12.3. The van der Waals surface area contributed by atoms with Crippen LogP contribution in [0.4, 0.5) is 11.4 Å². The van der Waals surface area contributed by atoms with Crippen molar-refractivity contribution in [2.75, 3.05) is 23.9 Å². The van der Waals surface area contributed by atoms with Gasteiger partial charge in [-0.1, -0.05) is 6.07 Å². The van der Waals surface area contributed by atoms with Crippen molar-refractivity contribution in [3.63, 3.8) is 0 Å². The number of ether oxygens (including phenoxy) is 1. The van der Waals surface area contributed by atoms with Crippen LogP contribution in [0.15, 0.2) is 48.5 Å². The van der Waals surface area contributed by atoms with Crippen LogP contribution in [-0.4, -0.2) is 31.4 Å². The number of esters is 1. The predicted molar refractivity (Wildman–Crippen MR) is 95.6 cm³/mol. The van der Waals surface area contributed by atoms with E-state index in [0.29, 0.717) is 22.5 Å². The standard InChI is InChI=1S/C19H17N3O4/c1-13(23)22(17-8-6-15(7-9-17)19(25)26-2)12-18(24)21-16-5-3-4-14(10-16)11-20/h3-10H,12H2,1-2H3,(H,21,24). The molecule has 0 aliphatic rings. The fourth-order valence-corrected chi connectivity index (χ4v) is 2.29. The molecular formula is C19H17N3O4. The number of carbonyl (C=O) groups excluding carboxylic acids is 3. The highest BCUT2D eigenvalue weighted by atomic mass is 16.5. The summed E-state index contributed by atoms with van der Waals surface area (Å²) in [7, 11) is 1.28. The third-order valence-corrected chi connectivity index (χ3v) is 3.56. The summed E-state index contributed by atoms with van der Waals surface area (Å²) in [4.78, 5) is 36.9. The topological polar surface area (TPSA) is 99.5 Å². The van der Waals surface area contributed by atoms with Crippen LogP contribution in [-0.2, 0) is 14.3 Å². The molecule has 132 valence electrons. The Morgan fingerprint density at radius 3 is 2.42 bits per heavy atom. The van der Waals surface area contributed by atoms with Crippen molar-refractivity contribution in [2.24, 2.45) is 0 Å². The summed E-state index contributed by atoms with van der Waals surface area (Å²) in [5, 5.41) is 11.5. The Hall–Kier alpha value is -3.66. The van der Waals surface area contributed by atoms with Gasteiger partial charge in [0.25, 0.3) is 0 Å². The summed E-state index contributed by atoms with van der Waals surface area (Å²) < 4.78 is 4.63. The molecule has 1 N–H and O–H groups in total. The van der Waals surface area contributed by atoms with Gasteiger partial charge in [0.1, 0.15) is 6.54 Å². The number of amides is 2. The molecule has 2 amide bonds. The average molecular weight is 351 g/mol. The second-order valence-electron chi connectivity index (χ2n) is 5.38. The van der Waals surface area contributed by atoms with E-state index < -0.39 is 11.9 Å². The molecule has 0 spiro atoms. The minimum absolute atomic E-state index is 0.205. The fraction of sp³-hybridized carbons (Fsp3) is 0.158. The van der Waals surface area contributed by atoms with Crippen molar-refractivity contribution < 1.29 is 19.1 Å². The molecule has 2 rings (SSSR count). The Kier molecular flexibility index (Phi) is 6.06. The Morgan fingerprint density at radius 2 is 1.85 bits per heavy atom. The largest absolute Gasteiger partial charge is 0.465 e. The Balaban J connectivity index is 2.12. The van der Waals surface area contributed by atoms with Crippen LogP contribution in [0.25, 0.3) is 0 Å².